The van der Waals surface area contributed by atoms with Gasteiger partial charge < -0.3 is 9.73 Å². The van der Waals surface area contributed by atoms with Crippen molar-refractivity contribution < 1.29 is 8.81 Å². The van der Waals surface area contributed by atoms with Gasteiger partial charge in [0.2, 0.25) is 5.89 Å². The molecule has 96 valence electrons. The molecule has 0 spiro atoms. The van der Waals surface area contributed by atoms with Gasteiger partial charge in [-0.2, -0.15) is 0 Å². The highest BCUT2D eigenvalue weighted by Crippen LogP contribution is 2.27. The molecule has 0 bridgehead atoms. The summed E-state index contributed by atoms with van der Waals surface area (Å²) in [5, 5.41) is 10.2. The summed E-state index contributed by atoms with van der Waals surface area (Å²) in [4.78, 5) is 0. The number of benzene rings is 1. The molecule has 18 heavy (non-hydrogen) atoms. The Morgan fingerprint density at radius 1 is 1.44 bits per heavy atom. The van der Waals surface area contributed by atoms with Crippen molar-refractivity contribution in [3.63, 3.8) is 0 Å². The molecule has 0 aliphatic rings. The maximum atomic E-state index is 13.3. The predicted molar refractivity (Wildman–Crippen MR) is 70.7 cm³/mol. The Hall–Kier alpha value is -1.14. The quantitative estimate of drug-likeness (QED) is 0.849. The summed E-state index contributed by atoms with van der Waals surface area (Å²) in [6.07, 6.45) is 0. The average molecular weight is 335 g/mol. The summed E-state index contributed by atoms with van der Waals surface area (Å²) in [6, 6.07) is 3.24. The molecule has 1 aromatic heterocycles. The third-order valence-corrected chi connectivity index (χ3v) is 3.08. The van der Waals surface area contributed by atoms with Gasteiger partial charge in [0.05, 0.1) is 4.47 Å². The third-order valence-electron chi connectivity index (χ3n) is 2.29. The van der Waals surface area contributed by atoms with Crippen molar-refractivity contribution in [1.29, 1.82) is 0 Å². The van der Waals surface area contributed by atoms with E-state index in [1.807, 2.05) is 0 Å². The van der Waals surface area contributed by atoms with Gasteiger partial charge in [-0.05, 0) is 47.5 Å². The fourth-order valence-electron chi connectivity index (χ4n) is 1.34. The zero-order chi connectivity index (χ0) is 13.3. The number of halogens is 3. The number of aryl methyl sites for hydroxylation is 1. The van der Waals surface area contributed by atoms with Crippen LogP contribution in [0.2, 0.25) is 0 Å². The number of alkyl halides is 1. The van der Waals surface area contributed by atoms with Crippen molar-refractivity contribution in [2.75, 3.05) is 5.32 Å². The first-order valence-corrected chi connectivity index (χ1v) is 6.40. The van der Waals surface area contributed by atoms with Crippen LogP contribution in [0.15, 0.2) is 21.0 Å². The Morgan fingerprint density at radius 3 is 2.78 bits per heavy atom. The van der Waals surface area contributed by atoms with Crippen molar-refractivity contribution >= 4 is 39.2 Å². The van der Waals surface area contributed by atoms with Crippen LogP contribution < -0.4 is 5.32 Å². The molecule has 1 unspecified atom stereocenters. The molecule has 7 heteroatoms. The predicted octanol–water partition coefficient (Wildman–Crippen LogP) is 4.32. The van der Waals surface area contributed by atoms with Crippen LogP contribution in [0.1, 0.15) is 23.8 Å². The lowest BCUT2D eigenvalue weighted by molar-refractivity contribution is 0.509. The Balaban J connectivity index is 2.25. The molecule has 0 amide bonds. The molecular formula is C11H10BrClFN3O. The van der Waals surface area contributed by atoms with Crippen LogP contribution in [0.25, 0.3) is 0 Å². The molecule has 1 aromatic carbocycles. The second kappa shape index (κ2) is 5.24. The summed E-state index contributed by atoms with van der Waals surface area (Å²) in [6.45, 7) is 3.51. The van der Waals surface area contributed by atoms with Crippen LogP contribution in [0.4, 0.5) is 16.1 Å². The van der Waals surface area contributed by atoms with Gasteiger partial charge >= 0.3 is 6.01 Å². The van der Waals surface area contributed by atoms with Gasteiger partial charge in [0.15, 0.2) is 0 Å². The van der Waals surface area contributed by atoms with Crippen LogP contribution in [-0.4, -0.2) is 10.2 Å². The van der Waals surface area contributed by atoms with E-state index in [1.54, 1.807) is 19.9 Å². The number of aromatic nitrogens is 2. The zero-order valence-corrected chi connectivity index (χ0v) is 12.0. The molecule has 1 atom stereocenters. The molecular weight excluding hydrogens is 324 g/mol. The van der Waals surface area contributed by atoms with E-state index in [9.17, 15) is 4.39 Å². The molecule has 0 radical (unpaired) electrons. The number of anilines is 2. The molecule has 0 fully saturated rings. The second-order valence-electron chi connectivity index (χ2n) is 3.77. The minimum Gasteiger partial charge on any atom is -0.406 e. The van der Waals surface area contributed by atoms with E-state index < -0.39 is 0 Å². The van der Waals surface area contributed by atoms with Crippen LogP contribution in [0.5, 0.6) is 0 Å². The molecule has 0 saturated heterocycles. The molecule has 1 heterocycles. The fraction of sp³-hybridized carbons (Fsp3) is 0.273. The second-order valence-corrected chi connectivity index (χ2v) is 5.28. The number of nitrogens with one attached hydrogen (secondary N) is 1. The van der Waals surface area contributed by atoms with Crippen molar-refractivity contribution in [3.05, 3.63) is 33.9 Å². The topological polar surface area (TPSA) is 51.0 Å². The molecule has 2 rings (SSSR count). The first-order chi connectivity index (χ1) is 8.47. The summed E-state index contributed by atoms with van der Waals surface area (Å²) in [5.41, 5.74) is 1.41. The molecule has 4 nitrogen and oxygen atoms in total. The smallest absolute Gasteiger partial charge is 0.320 e. The molecule has 2 aromatic rings. The summed E-state index contributed by atoms with van der Waals surface area (Å²) < 4.78 is 18.9. The van der Waals surface area contributed by atoms with Crippen LogP contribution in [0.3, 0.4) is 0 Å². The maximum Gasteiger partial charge on any atom is 0.320 e. The molecule has 0 aliphatic heterocycles. The lowest BCUT2D eigenvalue weighted by atomic mass is 10.2. The van der Waals surface area contributed by atoms with Crippen molar-refractivity contribution in [2.24, 2.45) is 0 Å². The van der Waals surface area contributed by atoms with E-state index in [0.29, 0.717) is 16.1 Å². The first-order valence-electron chi connectivity index (χ1n) is 5.17. The van der Waals surface area contributed by atoms with E-state index in [1.165, 1.54) is 6.07 Å². The number of hydrogen-bond acceptors (Lipinski definition) is 4. The Morgan fingerprint density at radius 2 is 2.17 bits per heavy atom. The normalized spacial score (nSPS) is 12.5. The summed E-state index contributed by atoms with van der Waals surface area (Å²) in [7, 11) is 0. The van der Waals surface area contributed by atoms with Crippen molar-refractivity contribution in [3.8, 4) is 0 Å². The highest BCUT2D eigenvalue weighted by molar-refractivity contribution is 9.10. The van der Waals surface area contributed by atoms with Gasteiger partial charge in [-0.1, -0.05) is 5.10 Å². The van der Waals surface area contributed by atoms with Crippen molar-refractivity contribution in [2.45, 2.75) is 19.2 Å². The fourth-order valence-corrected chi connectivity index (χ4v) is 1.77. The number of rotatable bonds is 3. The lowest BCUT2D eigenvalue weighted by Crippen LogP contribution is -1.95. The highest BCUT2D eigenvalue weighted by atomic mass is 79.9. The van der Waals surface area contributed by atoms with Crippen molar-refractivity contribution in [1.82, 2.24) is 10.2 Å². The van der Waals surface area contributed by atoms with E-state index in [2.05, 4.69) is 31.4 Å². The van der Waals surface area contributed by atoms with Gasteiger partial charge in [-0.25, -0.2) is 4.39 Å². The van der Waals surface area contributed by atoms with Crippen LogP contribution in [-0.2, 0) is 0 Å². The lowest BCUT2D eigenvalue weighted by Gasteiger charge is -2.06. The third kappa shape index (κ3) is 2.81. The largest absolute Gasteiger partial charge is 0.406 e. The highest BCUT2D eigenvalue weighted by Gasteiger charge is 2.12. The van der Waals surface area contributed by atoms with Gasteiger partial charge in [-0.15, -0.1) is 16.7 Å². The van der Waals surface area contributed by atoms with Crippen LogP contribution in [0, 0.1) is 12.7 Å². The molecule has 0 saturated carbocycles. The van der Waals surface area contributed by atoms with E-state index >= 15 is 0 Å². The number of hydrogen-bond donors (Lipinski definition) is 1. The van der Waals surface area contributed by atoms with Gasteiger partial charge in [0.1, 0.15) is 11.2 Å². The minimum atomic E-state index is -0.353. The Kier molecular flexibility index (Phi) is 3.87. The van der Waals surface area contributed by atoms with E-state index in [4.69, 9.17) is 16.0 Å². The average Bonchev–Trinajstić information content (AvgIpc) is 2.74. The van der Waals surface area contributed by atoms with Gasteiger partial charge in [0, 0.05) is 5.69 Å². The summed E-state index contributed by atoms with van der Waals surface area (Å²) in [5.74, 6) is 0.0108. The number of nitrogens with zero attached hydrogens (tertiary/aromatic N) is 2. The zero-order valence-electron chi connectivity index (χ0n) is 9.67. The van der Waals surface area contributed by atoms with Gasteiger partial charge in [0.25, 0.3) is 0 Å². The SMILES string of the molecule is Cc1cc(F)c(Br)cc1Nc1nnc(C(C)Cl)o1. The monoisotopic (exact) mass is 333 g/mol. The summed E-state index contributed by atoms with van der Waals surface area (Å²) >= 11 is 8.93. The van der Waals surface area contributed by atoms with Crippen LogP contribution >= 0.6 is 27.5 Å². The minimum absolute atomic E-state index is 0.221. The maximum absolute atomic E-state index is 13.3. The Bertz CT molecular complexity index is 573. The van der Waals surface area contributed by atoms with Gasteiger partial charge in [-0.3, -0.25) is 0 Å². The molecule has 0 aliphatic carbocycles. The Labute approximate surface area is 117 Å². The van der Waals surface area contributed by atoms with E-state index in [-0.39, 0.29) is 17.2 Å². The molecule has 1 N–H and O–H groups in total. The van der Waals surface area contributed by atoms with E-state index in [0.717, 1.165) is 5.56 Å². The standard InChI is InChI=1S/C11H10BrClFN3O/c1-5-3-8(14)7(12)4-9(5)15-11-17-16-10(18-11)6(2)13/h3-4,6H,1-2H3,(H,15,17). The first kappa shape index (κ1) is 13.3.